The smallest absolute Gasteiger partial charge is 0.220 e. The van der Waals surface area contributed by atoms with Crippen LogP contribution in [-0.4, -0.2) is 87.1 Å². The molecule has 0 aromatic rings. The Morgan fingerprint density at radius 1 is 0.955 bits per heavy atom. The van der Waals surface area contributed by atoms with E-state index in [4.69, 9.17) is 0 Å². The van der Waals surface area contributed by atoms with Gasteiger partial charge in [-0.3, -0.25) is 9.69 Å². The van der Waals surface area contributed by atoms with E-state index in [1.165, 1.54) is 52.1 Å². The van der Waals surface area contributed by atoms with Crippen LogP contribution >= 0.6 is 0 Å². The Bertz CT molecular complexity index is 295. The lowest BCUT2D eigenvalue weighted by Crippen LogP contribution is -2.47. The molecule has 1 amide bonds. The predicted molar refractivity (Wildman–Crippen MR) is 93.1 cm³/mol. The van der Waals surface area contributed by atoms with Crippen molar-refractivity contribution < 1.29 is 4.79 Å². The summed E-state index contributed by atoms with van der Waals surface area (Å²) in [5.41, 5.74) is 0. The van der Waals surface area contributed by atoms with E-state index in [-0.39, 0.29) is 5.91 Å². The highest BCUT2D eigenvalue weighted by molar-refractivity contribution is 5.75. The summed E-state index contributed by atoms with van der Waals surface area (Å²) in [5.74, 6) is 0.788. The molecule has 0 unspecified atom stereocenters. The second-order valence-electron chi connectivity index (χ2n) is 6.31. The fourth-order valence-corrected chi connectivity index (χ4v) is 3.13. The molecule has 0 bridgehead atoms. The Kier molecular flexibility index (Phi) is 9.68. The second-order valence-corrected chi connectivity index (χ2v) is 6.31. The molecule has 2 saturated heterocycles. The molecule has 0 spiro atoms. The first-order chi connectivity index (χ1) is 10.7. The van der Waals surface area contributed by atoms with E-state index in [0.717, 1.165) is 13.1 Å². The Hall–Kier alpha value is -0.650. The number of likely N-dealkylation sites (tertiary alicyclic amines) is 1. The number of carbonyl (C=O) groups is 1. The molecule has 0 radical (unpaired) electrons. The van der Waals surface area contributed by atoms with Crippen LogP contribution in [0.1, 0.15) is 33.1 Å². The van der Waals surface area contributed by atoms with Gasteiger partial charge in [-0.25, -0.2) is 0 Å². The first-order valence-electron chi connectivity index (χ1n) is 9.01. The topological polar surface area (TPSA) is 38.8 Å². The lowest BCUT2D eigenvalue weighted by molar-refractivity contribution is -0.121. The number of hydrogen-bond donors (Lipinski definition) is 1. The Labute approximate surface area is 137 Å². The van der Waals surface area contributed by atoms with Crippen LogP contribution in [0.15, 0.2) is 0 Å². The zero-order valence-corrected chi connectivity index (χ0v) is 15.1. The van der Waals surface area contributed by atoms with Gasteiger partial charge in [-0.2, -0.15) is 0 Å². The van der Waals surface area contributed by atoms with Crippen molar-refractivity contribution in [3.05, 3.63) is 0 Å². The third-order valence-electron chi connectivity index (χ3n) is 4.79. The summed E-state index contributed by atoms with van der Waals surface area (Å²) in [6.45, 7) is 13.5. The lowest BCUT2D eigenvalue weighted by atomic mass is 9.93. The van der Waals surface area contributed by atoms with Crippen molar-refractivity contribution in [2.75, 3.05) is 66.5 Å². The molecular formula is C17H36N4O. The molecule has 5 nitrogen and oxygen atoms in total. The molecule has 2 aliphatic rings. The van der Waals surface area contributed by atoms with Crippen molar-refractivity contribution in [1.82, 2.24) is 20.0 Å². The Morgan fingerprint density at radius 2 is 1.45 bits per heavy atom. The van der Waals surface area contributed by atoms with Crippen LogP contribution in [0.5, 0.6) is 0 Å². The van der Waals surface area contributed by atoms with Gasteiger partial charge in [-0.05, 0) is 38.9 Å². The molecule has 0 atom stereocenters. The van der Waals surface area contributed by atoms with E-state index < -0.39 is 0 Å². The summed E-state index contributed by atoms with van der Waals surface area (Å²) in [6.07, 6.45) is 3.06. The van der Waals surface area contributed by atoms with Crippen molar-refractivity contribution in [2.24, 2.45) is 5.92 Å². The minimum absolute atomic E-state index is 0.195. The molecule has 2 fully saturated rings. The fraction of sp³-hybridized carbons (Fsp3) is 0.941. The van der Waals surface area contributed by atoms with Crippen molar-refractivity contribution in [1.29, 1.82) is 0 Å². The maximum Gasteiger partial charge on any atom is 0.220 e. The first-order valence-corrected chi connectivity index (χ1v) is 9.01. The number of likely N-dealkylation sites (N-methyl/N-ethyl adjacent to an activating group) is 1. The van der Waals surface area contributed by atoms with Crippen LogP contribution in [-0.2, 0) is 4.79 Å². The molecule has 2 rings (SSSR count). The average molecular weight is 313 g/mol. The summed E-state index contributed by atoms with van der Waals surface area (Å²) in [7, 11) is 3.93. The molecule has 1 N–H and O–H groups in total. The molecule has 0 aromatic heterocycles. The Balaban J connectivity index is 0.00000116. The molecule has 0 aliphatic carbocycles. The highest BCUT2D eigenvalue weighted by atomic mass is 16.1. The molecule has 0 aromatic carbocycles. The molecule has 5 heteroatoms. The number of rotatable bonds is 5. The zero-order valence-electron chi connectivity index (χ0n) is 15.1. The van der Waals surface area contributed by atoms with E-state index in [9.17, 15) is 4.79 Å². The van der Waals surface area contributed by atoms with Crippen molar-refractivity contribution in [3.63, 3.8) is 0 Å². The van der Waals surface area contributed by atoms with Crippen LogP contribution in [0.25, 0.3) is 0 Å². The van der Waals surface area contributed by atoms with Crippen LogP contribution in [0.3, 0.4) is 0 Å². The van der Waals surface area contributed by atoms with Gasteiger partial charge in [0.1, 0.15) is 0 Å². The largest absolute Gasteiger partial charge is 0.359 e. The first kappa shape index (κ1) is 19.4. The summed E-state index contributed by atoms with van der Waals surface area (Å²) in [4.78, 5) is 18.9. The van der Waals surface area contributed by atoms with E-state index >= 15 is 0 Å². The van der Waals surface area contributed by atoms with Crippen LogP contribution < -0.4 is 5.32 Å². The van der Waals surface area contributed by atoms with Crippen LogP contribution in [0.2, 0.25) is 0 Å². The number of nitrogens with zero attached hydrogens (tertiary/aromatic N) is 3. The molecule has 2 heterocycles. The summed E-state index contributed by atoms with van der Waals surface area (Å²) >= 11 is 0. The third-order valence-corrected chi connectivity index (χ3v) is 4.79. The highest BCUT2D eigenvalue weighted by Gasteiger charge is 2.22. The van der Waals surface area contributed by atoms with Crippen LogP contribution in [0, 0.1) is 5.92 Å². The van der Waals surface area contributed by atoms with Crippen LogP contribution in [0.4, 0.5) is 0 Å². The third kappa shape index (κ3) is 7.07. The van der Waals surface area contributed by atoms with E-state index in [1.807, 2.05) is 13.8 Å². The van der Waals surface area contributed by atoms with E-state index in [1.54, 1.807) is 7.05 Å². The van der Waals surface area contributed by atoms with Gasteiger partial charge in [0, 0.05) is 52.7 Å². The molecule has 2 aliphatic heterocycles. The normalized spacial score (nSPS) is 22.0. The van der Waals surface area contributed by atoms with E-state index in [0.29, 0.717) is 12.3 Å². The zero-order chi connectivity index (χ0) is 16.4. The van der Waals surface area contributed by atoms with Crippen molar-refractivity contribution in [3.8, 4) is 0 Å². The number of amides is 1. The summed E-state index contributed by atoms with van der Waals surface area (Å²) in [6, 6.07) is 0. The summed E-state index contributed by atoms with van der Waals surface area (Å²) < 4.78 is 0. The van der Waals surface area contributed by atoms with Gasteiger partial charge in [0.15, 0.2) is 0 Å². The standard InChI is InChI=1S/C15H30N4O.C2H6/c1-16-15(20)13-14-3-5-18(6-4-14)11-12-19-9-7-17(2)8-10-19;1-2/h14H,3-13H2,1-2H3,(H,16,20);1-2H3. The lowest BCUT2D eigenvalue weighted by Gasteiger charge is -2.36. The van der Waals surface area contributed by atoms with Crippen molar-refractivity contribution in [2.45, 2.75) is 33.1 Å². The SMILES string of the molecule is CC.CNC(=O)CC1CCN(CCN2CCN(C)CC2)CC1. The fourth-order valence-electron chi connectivity index (χ4n) is 3.13. The van der Waals surface area contributed by atoms with Gasteiger partial charge in [0.05, 0.1) is 0 Å². The molecular weight excluding hydrogens is 276 g/mol. The second kappa shape index (κ2) is 11.0. The number of carbonyl (C=O) groups excluding carboxylic acids is 1. The van der Waals surface area contributed by atoms with E-state index in [2.05, 4.69) is 27.1 Å². The summed E-state index contributed by atoms with van der Waals surface area (Å²) in [5, 5.41) is 2.73. The predicted octanol–water partition coefficient (Wildman–Crippen LogP) is 1.11. The maximum atomic E-state index is 11.4. The monoisotopic (exact) mass is 312 g/mol. The minimum Gasteiger partial charge on any atom is -0.359 e. The maximum absolute atomic E-state index is 11.4. The number of hydrogen-bond acceptors (Lipinski definition) is 4. The average Bonchev–Trinajstić information content (AvgIpc) is 2.57. The Morgan fingerprint density at radius 3 is 1.95 bits per heavy atom. The van der Waals surface area contributed by atoms with Gasteiger partial charge >= 0.3 is 0 Å². The molecule has 0 saturated carbocycles. The van der Waals surface area contributed by atoms with Gasteiger partial charge < -0.3 is 15.1 Å². The molecule has 130 valence electrons. The number of piperidine rings is 1. The van der Waals surface area contributed by atoms with Gasteiger partial charge in [-0.1, -0.05) is 13.8 Å². The van der Waals surface area contributed by atoms with Gasteiger partial charge in [0.25, 0.3) is 0 Å². The number of piperazine rings is 1. The highest BCUT2D eigenvalue weighted by Crippen LogP contribution is 2.20. The van der Waals surface area contributed by atoms with Gasteiger partial charge in [-0.15, -0.1) is 0 Å². The number of nitrogens with one attached hydrogen (secondary N) is 1. The van der Waals surface area contributed by atoms with Crippen molar-refractivity contribution >= 4 is 5.91 Å². The minimum atomic E-state index is 0.195. The molecule has 22 heavy (non-hydrogen) atoms. The van der Waals surface area contributed by atoms with Gasteiger partial charge in [0.2, 0.25) is 5.91 Å². The quantitative estimate of drug-likeness (QED) is 0.825.